The minimum atomic E-state index is 0.676. The Bertz CT molecular complexity index is 846. The van der Waals surface area contributed by atoms with E-state index in [9.17, 15) is 0 Å². The molecule has 1 heterocycles. The monoisotopic (exact) mass is 346 g/mol. The number of hydrogen-bond acceptors (Lipinski definition) is 4. The molecular formula is C22H26N4. The van der Waals surface area contributed by atoms with E-state index in [1.165, 1.54) is 16.7 Å². The van der Waals surface area contributed by atoms with Gasteiger partial charge in [-0.15, -0.1) is 0 Å². The zero-order valence-electron chi connectivity index (χ0n) is 15.7. The molecule has 134 valence electrons. The summed E-state index contributed by atoms with van der Waals surface area (Å²) in [6.45, 7) is 8.74. The van der Waals surface area contributed by atoms with Crippen LogP contribution in [0.25, 0.3) is 0 Å². The van der Waals surface area contributed by atoms with Gasteiger partial charge in [0.15, 0.2) is 0 Å². The average Bonchev–Trinajstić information content (AvgIpc) is 2.66. The summed E-state index contributed by atoms with van der Waals surface area (Å²) < 4.78 is 0. The lowest BCUT2D eigenvalue weighted by Crippen LogP contribution is -2.24. The first kappa shape index (κ1) is 17.9. The number of benzene rings is 2. The van der Waals surface area contributed by atoms with E-state index in [1.54, 1.807) is 0 Å². The van der Waals surface area contributed by atoms with Crippen molar-refractivity contribution in [2.24, 2.45) is 0 Å². The molecule has 1 N–H and O–H groups in total. The number of aryl methyl sites for hydroxylation is 2. The maximum Gasteiger partial charge on any atom is 0.225 e. The van der Waals surface area contributed by atoms with Gasteiger partial charge in [-0.25, -0.2) is 4.98 Å². The number of rotatable bonds is 7. The molecule has 0 aliphatic heterocycles. The predicted octanol–water partition coefficient (Wildman–Crippen LogP) is 4.73. The Morgan fingerprint density at radius 3 is 2.38 bits per heavy atom. The van der Waals surface area contributed by atoms with Crippen molar-refractivity contribution in [2.45, 2.75) is 33.9 Å². The standard InChI is InChI=1S/C22H26N4/c1-4-26(16-19-11-6-5-7-12-19)21-14-18(3)24-22(25-21)23-15-20-13-9-8-10-17(20)2/h5-14H,4,15-16H2,1-3H3,(H,23,24,25). The molecule has 3 rings (SSSR count). The summed E-state index contributed by atoms with van der Waals surface area (Å²) in [5, 5.41) is 3.38. The van der Waals surface area contributed by atoms with Gasteiger partial charge >= 0.3 is 0 Å². The Morgan fingerprint density at radius 1 is 0.923 bits per heavy atom. The topological polar surface area (TPSA) is 41.1 Å². The summed E-state index contributed by atoms with van der Waals surface area (Å²) in [5.74, 6) is 1.63. The third-order valence-corrected chi connectivity index (χ3v) is 4.46. The molecule has 1 aromatic heterocycles. The van der Waals surface area contributed by atoms with Gasteiger partial charge in [-0.3, -0.25) is 0 Å². The molecule has 0 aliphatic rings. The van der Waals surface area contributed by atoms with Crippen LogP contribution in [-0.4, -0.2) is 16.5 Å². The lowest BCUT2D eigenvalue weighted by atomic mass is 10.1. The molecule has 0 atom stereocenters. The second-order valence-corrected chi connectivity index (χ2v) is 6.47. The molecule has 4 heteroatoms. The van der Waals surface area contributed by atoms with Gasteiger partial charge in [0.05, 0.1) is 0 Å². The van der Waals surface area contributed by atoms with Crippen LogP contribution < -0.4 is 10.2 Å². The highest BCUT2D eigenvalue weighted by atomic mass is 15.2. The minimum absolute atomic E-state index is 0.676. The number of anilines is 2. The van der Waals surface area contributed by atoms with Gasteiger partial charge in [-0.1, -0.05) is 54.6 Å². The van der Waals surface area contributed by atoms with Crippen LogP contribution in [0.1, 0.15) is 29.3 Å². The van der Waals surface area contributed by atoms with Crippen LogP contribution in [0.5, 0.6) is 0 Å². The van der Waals surface area contributed by atoms with Crippen LogP contribution in [-0.2, 0) is 13.1 Å². The average molecular weight is 346 g/mol. The zero-order chi connectivity index (χ0) is 18.4. The van der Waals surface area contributed by atoms with Gasteiger partial charge < -0.3 is 10.2 Å². The SMILES string of the molecule is CCN(Cc1ccccc1)c1cc(C)nc(NCc2ccccc2C)n1. The van der Waals surface area contributed by atoms with Gasteiger partial charge in [0, 0.05) is 31.4 Å². The van der Waals surface area contributed by atoms with E-state index in [1.807, 2.05) is 19.1 Å². The van der Waals surface area contributed by atoms with Crippen molar-refractivity contribution in [2.75, 3.05) is 16.8 Å². The molecule has 26 heavy (non-hydrogen) atoms. The maximum atomic E-state index is 4.75. The second-order valence-electron chi connectivity index (χ2n) is 6.47. The lowest BCUT2D eigenvalue weighted by molar-refractivity contribution is 0.807. The van der Waals surface area contributed by atoms with Gasteiger partial charge in [-0.2, -0.15) is 4.98 Å². The molecule has 0 saturated heterocycles. The van der Waals surface area contributed by atoms with Crippen LogP contribution in [0.15, 0.2) is 60.7 Å². The van der Waals surface area contributed by atoms with Gasteiger partial charge in [0.2, 0.25) is 5.95 Å². The molecule has 0 radical (unpaired) electrons. The molecule has 0 unspecified atom stereocenters. The highest BCUT2D eigenvalue weighted by Crippen LogP contribution is 2.18. The van der Waals surface area contributed by atoms with Crippen molar-refractivity contribution in [3.63, 3.8) is 0 Å². The largest absolute Gasteiger partial charge is 0.352 e. The minimum Gasteiger partial charge on any atom is -0.352 e. The molecular weight excluding hydrogens is 320 g/mol. The van der Waals surface area contributed by atoms with E-state index in [4.69, 9.17) is 4.98 Å². The van der Waals surface area contributed by atoms with E-state index >= 15 is 0 Å². The lowest BCUT2D eigenvalue weighted by Gasteiger charge is -2.23. The third kappa shape index (κ3) is 4.60. The first-order valence-electron chi connectivity index (χ1n) is 9.08. The summed E-state index contributed by atoms with van der Waals surface area (Å²) in [6.07, 6.45) is 0. The highest BCUT2D eigenvalue weighted by Gasteiger charge is 2.10. The van der Waals surface area contributed by atoms with Crippen molar-refractivity contribution in [1.82, 2.24) is 9.97 Å². The van der Waals surface area contributed by atoms with Crippen LogP contribution >= 0.6 is 0 Å². The van der Waals surface area contributed by atoms with Crippen LogP contribution in [0, 0.1) is 13.8 Å². The van der Waals surface area contributed by atoms with Crippen molar-refractivity contribution < 1.29 is 0 Å². The van der Waals surface area contributed by atoms with Crippen LogP contribution in [0.2, 0.25) is 0 Å². The first-order chi connectivity index (χ1) is 12.7. The molecule has 0 aliphatic carbocycles. The molecule has 0 amide bonds. The van der Waals surface area contributed by atoms with Gasteiger partial charge in [0.1, 0.15) is 5.82 Å². The molecule has 0 spiro atoms. The van der Waals surface area contributed by atoms with Crippen LogP contribution in [0.4, 0.5) is 11.8 Å². The Hall–Kier alpha value is -2.88. The number of hydrogen-bond donors (Lipinski definition) is 1. The van der Waals surface area contributed by atoms with Gasteiger partial charge in [0.25, 0.3) is 0 Å². The fraction of sp³-hybridized carbons (Fsp3) is 0.273. The molecule has 3 aromatic rings. The summed E-state index contributed by atoms with van der Waals surface area (Å²) in [4.78, 5) is 11.6. The Labute approximate surface area is 155 Å². The fourth-order valence-electron chi connectivity index (χ4n) is 2.93. The number of nitrogens with zero attached hydrogens (tertiary/aromatic N) is 3. The summed E-state index contributed by atoms with van der Waals surface area (Å²) in [5.41, 5.74) is 4.77. The normalized spacial score (nSPS) is 10.6. The summed E-state index contributed by atoms with van der Waals surface area (Å²) >= 11 is 0. The fourth-order valence-corrected chi connectivity index (χ4v) is 2.93. The maximum absolute atomic E-state index is 4.75. The first-order valence-corrected chi connectivity index (χ1v) is 9.08. The van der Waals surface area contributed by atoms with Crippen molar-refractivity contribution in [3.8, 4) is 0 Å². The second kappa shape index (κ2) is 8.48. The molecule has 4 nitrogen and oxygen atoms in total. The third-order valence-electron chi connectivity index (χ3n) is 4.46. The smallest absolute Gasteiger partial charge is 0.225 e. The zero-order valence-corrected chi connectivity index (χ0v) is 15.7. The Balaban J connectivity index is 1.76. The number of nitrogens with one attached hydrogen (secondary N) is 1. The van der Waals surface area contributed by atoms with Crippen molar-refractivity contribution in [3.05, 3.63) is 83.0 Å². The van der Waals surface area contributed by atoms with Crippen molar-refractivity contribution >= 4 is 11.8 Å². The van der Waals surface area contributed by atoms with Crippen LogP contribution in [0.3, 0.4) is 0 Å². The summed E-state index contributed by atoms with van der Waals surface area (Å²) in [7, 11) is 0. The molecule has 0 fully saturated rings. The van der Waals surface area contributed by atoms with E-state index < -0.39 is 0 Å². The highest BCUT2D eigenvalue weighted by molar-refractivity contribution is 5.46. The van der Waals surface area contributed by atoms with Crippen molar-refractivity contribution in [1.29, 1.82) is 0 Å². The van der Waals surface area contributed by atoms with E-state index in [0.29, 0.717) is 5.95 Å². The van der Waals surface area contributed by atoms with E-state index in [-0.39, 0.29) is 0 Å². The quantitative estimate of drug-likeness (QED) is 0.671. The van der Waals surface area contributed by atoms with E-state index in [2.05, 4.69) is 77.6 Å². The summed E-state index contributed by atoms with van der Waals surface area (Å²) in [6, 6.07) is 20.9. The Kier molecular flexibility index (Phi) is 5.84. The molecule has 0 bridgehead atoms. The molecule has 2 aromatic carbocycles. The predicted molar refractivity (Wildman–Crippen MR) is 108 cm³/mol. The van der Waals surface area contributed by atoms with E-state index in [0.717, 1.165) is 31.1 Å². The molecule has 0 saturated carbocycles. The Morgan fingerprint density at radius 2 is 1.65 bits per heavy atom. The number of aromatic nitrogens is 2. The van der Waals surface area contributed by atoms with Gasteiger partial charge in [-0.05, 0) is 37.5 Å².